The van der Waals surface area contributed by atoms with Crippen LogP contribution >= 0.6 is 27.5 Å². The van der Waals surface area contributed by atoms with Gasteiger partial charge in [0, 0.05) is 22.6 Å². The van der Waals surface area contributed by atoms with Gasteiger partial charge < -0.3 is 10.2 Å². The Balaban J connectivity index is 2.00. The van der Waals surface area contributed by atoms with Crippen molar-refractivity contribution in [3.8, 4) is 0 Å². The molecular formula is C29H33BrClN3O4S. The predicted molar refractivity (Wildman–Crippen MR) is 159 cm³/mol. The van der Waals surface area contributed by atoms with Gasteiger partial charge >= 0.3 is 0 Å². The van der Waals surface area contributed by atoms with Crippen LogP contribution < -0.4 is 9.62 Å². The molecule has 1 atom stereocenters. The number of aryl methyl sites for hydroxylation is 1. The van der Waals surface area contributed by atoms with Crippen LogP contribution in [0.4, 0.5) is 5.69 Å². The Hall–Kier alpha value is -2.88. The van der Waals surface area contributed by atoms with E-state index < -0.39 is 28.5 Å². The zero-order chi connectivity index (χ0) is 28.7. The van der Waals surface area contributed by atoms with Crippen LogP contribution in [0.5, 0.6) is 0 Å². The Morgan fingerprint density at radius 2 is 1.51 bits per heavy atom. The summed E-state index contributed by atoms with van der Waals surface area (Å²) in [6.07, 6.45) is 0. The molecule has 0 aliphatic rings. The van der Waals surface area contributed by atoms with Gasteiger partial charge in [0.15, 0.2) is 0 Å². The second kappa shape index (κ2) is 13.5. The van der Waals surface area contributed by atoms with E-state index in [1.165, 1.54) is 17.0 Å². The van der Waals surface area contributed by atoms with Crippen molar-refractivity contribution >= 4 is 55.1 Å². The van der Waals surface area contributed by atoms with Gasteiger partial charge in [-0.25, -0.2) is 8.42 Å². The van der Waals surface area contributed by atoms with Crippen LogP contribution in [0.15, 0.2) is 82.2 Å². The number of hydrogen-bond acceptors (Lipinski definition) is 4. The Bertz CT molecular complexity index is 1380. The maximum atomic E-state index is 13.9. The number of nitrogens with zero attached hydrogens (tertiary/aromatic N) is 2. The minimum Gasteiger partial charge on any atom is -0.354 e. The van der Waals surface area contributed by atoms with Gasteiger partial charge in [-0.2, -0.15) is 0 Å². The first kappa shape index (κ1) is 30.7. The van der Waals surface area contributed by atoms with Crippen molar-refractivity contribution in [3.05, 3.63) is 93.4 Å². The van der Waals surface area contributed by atoms with Crippen molar-refractivity contribution in [2.24, 2.45) is 5.92 Å². The summed E-state index contributed by atoms with van der Waals surface area (Å²) in [7, 11) is -4.11. The summed E-state index contributed by atoms with van der Waals surface area (Å²) in [6, 6.07) is 19.3. The van der Waals surface area contributed by atoms with E-state index in [4.69, 9.17) is 11.6 Å². The number of benzene rings is 3. The molecule has 0 unspecified atom stereocenters. The maximum Gasteiger partial charge on any atom is 0.264 e. The Morgan fingerprint density at radius 1 is 0.923 bits per heavy atom. The highest BCUT2D eigenvalue weighted by molar-refractivity contribution is 9.10. The second-order valence-electron chi connectivity index (χ2n) is 9.76. The maximum absolute atomic E-state index is 13.9. The lowest BCUT2D eigenvalue weighted by Gasteiger charge is -2.32. The highest BCUT2D eigenvalue weighted by Crippen LogP contribution is 2.26. The summed E-state index contributed by atoms with van der Waals surface area (Å²) in [6.45, 7) is 7.53. The zero-order valence-corrected chi connectivity index (χ0v) is 25.6. The molecule has 0 spiro atoms. The molecule has 10 heteroatoms. The molecule has 3 aromatic rings. The molecule has 208 valence electrons. The van der Waals surface area contributed by atoms with Gasteiger partial charge in [-0.05, 0) is 73.9 Å². The minimum absolute atomic E-state index is 0.0656. The van der Waals surface area contributed by atoms with Gasteiger partial charge in [0.25, 0.3) is 10.0 Å². The topological polar surface area (TPSA) is 86.8 Å². The van der Waals surface area contributed by atoms with Crippen LogP contribution in [0.3, 0.4) is 0 Å². The molecule has 0 heterocycles. The van der Waals surface area contributed by atoms with Crippen molar-refractivity contribution in [3.63, 3.8) is 0 Å². The summed E-state index contributed by atoms with van der Waals surface area (Å²) in [5.74, 6) is -0.604. The highest BCUT2D eigenvalue weighted by Gasteiger charge is 2.32. The number of halogens is 2. The number of sulfonamides is 1. The summed E-state index contributed by atoms with van der Waals surface area (Å²) >= 11 is 9.42. The molecule has 0 aromatic heterocycles. The second-order valence-corrected chi connectivity index (χ2v) is 13.0. The molecule has 3 rings (SSSR count). The van der Waals surface area contributed by atoms with Crippen LogP contribution in [-0.4, -0.2) is 44.3 Å². The van der Waals surface area contributed by atoms with E-state index in [9.17, 15) is 18.0 Å². The highest BCUT2D eigenvalue weighted by atomic mass is 79.9. The molecule has 0 saturated heterocycles. The van der Waals surface area contributed by atoms with E-state index in [1.54, 1.807) is 67.6 Å². The average Bonchev–Trinajstić information content (AvgIpc) is 2.90. The van der Waals surface area contributed by atoms with Crippen LogP contribution in [0, 0.1) is 12.8 Å². The minimum atomic E-state index is -4.11. The van der Waals surface area contributed by atoms with Crippen molar-refractivity contribution in [2.75, 3.05) is 17.4 Å². The molecule has 0 aliphatic carbocycles. The van der Waals surface area contributed by atoms with Crippen molar-refractivity contribution in [1.82, 2.24) is 10.2 Å². The number of amides is 2. The zero-order valence-electron chi connectivity index (χ0n) is 22.4. The Kier molecular flexibility index (Phi) is 10.6. The van der Waals surface area contributed by atoms with Crippen molar-refractivity contribution in [2.45, 2.75) is 45.2 Å². The third-order valence-corrected chi connectivity index (χ3v) is 8.69. The molecule has 3 aromatic carbocycles. The van der Waals surface area contributed by atoms with E-state index in [1.807, 2.05) is 20.8 Å². The standard InChI is InChI=1S/C29H33BrClN3O4S/c1-20(2)17-32-29(36)22(4)33(18-23-7-11-25(31)12-8-23)28(35)19-34(26-13-9-24(30)10-14-26)39(37,38)27-15-5-21(3)6-16-27/h5-16,20,22H,17-19H2,1-4H3,(H,32,36)/t22-/m0/s1. The third kappa shape index (κ3) is 8.30. The number of rotatable bonds is 11. The molecule has 0 fully saturated rings. The normalized spacial score (nSPS) is 12.2. The van der Waals surface area contributed by atoms with Crippen molar-refractivity contribution in [1.29, 1.82) is 0 Å². The quantitative estimate of drug-likeness (QED) is 0.289. The lowest BCUT2D eigenvalue weighted by atomic mass is 10.1. The van der Waals surface area contributed by atoms with E-state index in [0.717, 1.165) is 19.9 Å². The van der Waals surface area contributed by atoms with Crippen molar-refractivity contribution < 1.29 is 18.0 Å². The largest absolute Gasteiger partial charge is 0.354 e. The first-order valence-electron chi connectivity index (χ1n) is 12.5. The first-order valence-corrected chi connectivity index (χ1v) is 15.2. The fourth-order valence-corrected chi connectivity index (χ4v) is 5.60. The van der Waals surface area contributed by atoms with Gasteiger partial charge in [0.05, 0.1) is 10.6 Å². The molecule has 0 aliphatic heterocycles. The molecular weight excluding hydrogens is 602 g/mol. The molecule has 39 heavy (non-hydrogen) atoms. The number of carbonyl (C=O) groups excluding carboxylic acids is 2. The average molecular weight is 635 g/mol. The third-order valence-electron chi connectivity index (χ3n) is 6.12. The van der Waals surface area contributed by atoms with E-state index >= 15 is 0 Å². The van der Waals surface area contributed by atoms with Gasteiger partial charge in [0.2, 0.25) is 11.8 Å². The fourth-order valence-electron chi connectivity index (χ4n) is 3.80. The summed E-state index contributed by atoms with van der Waals surface area (Å²) in [5, 5.41) is 3.42. The molecule has 1 N–H and O–H groups in total. The van der Waals surface area contributed by atoms with E-state index in [-0.39, 0.29) is 23.3 Å². The number of nitrogens with one attached hydrogen (secondary N) is 1. The summed E-state index contributed by atoms with van der Waals surface area (Å²) < 4.78 is 29.5. The fraction of sp³-hybridized carbons (Fsp3) is 0.310. The number of anilines is 1. The van der Waals surface area contributed by atoms with Crippen LogP contribution in [0.25, 0.3) is 0 Å². The number of carbonyl (C=O) groups is 2. The molecule has 0 bridgehead atoms. The molecule has 7 nitrogen and oxygen atoms in total. The Morgan fingerprint density at radius 3 is 2.08 bits per heavy atom. The smallest absolute Gasteiger partial charge is 0.264 e. The number of hydrogen-bond donors (Lipinski definition) is 1. The van der Waals surface area contributed by atoms with Crippen LogP contribution in [0.2, 0.25) is 5.02 Å². The van der Waals surface area contributed by atoms with Gasteiger partial charge in [0.1, 0.15) is 12.6 Å². The van der Waals surface area contributed by atoms with Gasteiger partial charge in [-0.15, -0.1) is 0 Å². The van der Waals surface area contributed by atoms with Crippen LogP contribution in [0.1, 0.15) is 31.9 Å². The lowest BCUT2D eigenvalue weighted by molar-refractivity contribution is -0.139. The van der Waals surface area contributed by atoms with Gasteiger partial charge in [-0.3, -0.25) is 13.9 Å². The Labute approximate surface area is 244 Å². The van der Waals surface area contributed by atoms with E-state index in [2.05, 4.69) is 21.2 Å². The van der Waals surface area contributed by atoms with E-state index in [0.29, 0.717) is 17.3 Å². The molecule has 2 amide bonds. The molecule has 0 saturated carbocycles. The predicted octanol–water partition coefficient (Wildman–Crippen LogP) is 5.80. The lowest BCUT2D eigenvalue weighted by Crippen LogP contribution is -2.51. The van der Waals surface area contributed by atoms with Crippen LogP contribution in [-0.2, 0) is 26.2 Å². The summed E-state index contributed by atoms with van der Waals surface area (Å²) in [4.78, 5) is 28.4. The molecule has 0 radical (unpaired) electrons. The van der Waals surface area contributed by atoms with Gasteiger partial charge in [-0.1, -0.05) is 71.2 Å². The monoisotopic (exact) mass is 633 g/mol. The summed E-state index contributed by atoms with van der Waals surface area (Å²) in [5.41, 5.74) is 2.00. The first-order chi connectivity index (χ1) is 18.4. The SMILES string of the molecule is Cc1ccc(S(=O)(=O)N(CC(=O)N(Cc2ccc(Cl)cc2)[C@@H](C)C(=O)NCC(C)C)c2ccc(Br)cc2)cc1.